The molecule has 0 saturated carbocycles. The van der Waals surface area contributed by atoms with E-state index in [1.165, 1.54) is 5.56 Å². The molecule has 0 aliphatic carbocycles. The minimum atomic E-state index is -0.170. The summed E-state index contributed by atoms with van der Waals surface area (Å²) in [7, 11) is 0. The van der Waals surface area contributed by atoms with Crippen molar-refractivity contribution in [1.29, 1.82) is 0 Å². The van der Waals surface area contributed by atoms with E-state index < -0.39 is 0 Å². The Morgan fingerprint density at radius 1 is 1.37 bits per heavy atom. The molecule has 2 amide bonds. The maximum absolute atomic E-state index is 11.5. The smallest absolute Gasteiger partial charge is 0.314 e. The van der Waals surface area contributed by atoms with Gasteiger partial charge in [-0.05, 0) is 43.9 Å². The van der Waals surface area contributed by atoms with Gasteiger partial charge in [0.15, 0.2) is 0 Å². The first kappa shape index (κ1) is 16.0. The van der Waals surface area contributed by atoms with Gasteiger partial charge in [-0.2, -0.15) is 0 Å². The zero-order valence-electron chi connectivity index (χ0n) is 11.2. The largest absolute Gasteiger partial charge is 0.396 e. The second-order valence-corrected chi connectivity index (χ2v) is 5.46. The number of halogens is 1. The summed E-state index contributed by atoms with van der Waals surface area (Å²) in [6, 6.07) is 8.16. The molecule has 19 heavy (non-hydrogen) atoms. The van der Waals surface area contributed by atoms with E-state index in [2.05, 4.69) is 38.7 Å². The molecule has 0 aliphatic heterocycles. The summed E-state index contributed by atoms with van der Waals surface area (Å²) in [5.74, 6) is 0. The van der Waals surface area contributed by atoms with E-state index in [1.807, 2.05) is 19.1 Å². The van der Waals surface area contributed by atoms with Crippen LogP contribution in [0.4, 0.5) is 4.79 Å². The van der Waals surface area contributed by atoms with E-state index in [4.69, 9.17) is 5.11 Å². The molecule has 1 aromatic carbocycles. The van der Waals surface area contributed by atoms with Crippen molar-refractivity contribution < 1.29 is 9.90 Å². The van der Waals surface area contributed by atoms with Crippen LogP contribution >= 0.6 is 15.9 Å². The fourth-order valence-electron chi connectivity index (χ4n) is 1.66. The van der Waals surface area contributed by atoms with Gasteiger partial charge in [-0.3, -0.25) is 0 Å². The van der Waals surface area contributed by atoms with Crippen LogP contribution in [0.3, 0.4) is 0 Å². The number of rotatable bonds is 7. The Kier molecular flexibility index (Phi) is 7.52. The molecule has 4 nitrogen and oxygen atoms in total. The Balaban J connectivity index is 2.21. The lowest BCUT2D eigenvalue weighted by molar-refractivity contribution is 0.234. The van der Waals surface area contributed by atoms with Gasteiger partial charge < -0.3 is 15.7 Å². The Morgan fingerprint density at radius 2 is 2.05 bits per heavy atom. The number of hydrogen-bond acceptors (Lipinski definition) is 2. The normalized spacial score (nSPS) is 11.9. The van der Waals surface area contributed by atoms with Gasteiger partial charge in [0, 0.05) is 23.7 Å². The molecule has 3 N–H and O–H groups in total. The maximum atomic E-state index is 11.5. The van der Waals surface area contributed by atoms with Gasteiger partial charge in [0.2, 0.25) is 0 Å². The lowest BCUT2D eigenvalue weighted by atomic mass is 10.1. The van der Waals surface area contributed by atoms with E-state index >= 15 is 0 Å². The van der Waals surface area contributed by atoms with Crippen molar-refractivity contribution in [3.63, 3.8) is 0 Å². The van der Waals surface area contributed by atoms with Crippen LogP contribution in [0.1, 0.15) is 25.3 Å². The molecule has 1 atom stereocenters. The fraction of sp³-hybridized carbons (Fsp3) is 0.500. The molecule has 0 saturated heterocycles. The molecule has 0 fully saturated rings. The van der Waals surface area contributed by atoms with Crippen LogP contribution in [0, 0.1) is 0 Å². The molecule has 106 valence electrons. The van der Waals surface area contributed by atoms with Gasteiger partial charge >= 0.3 is 6.03 Å². The van der Waals surface area contributed by atoms with Crippen molar-refractivity contribution in [2.24, 2.45) is 0 Å². The topological polar surface area (TPSA) is 61.4 Å². The zero-order valence-corrected chi connectivity index (χ0v) is 12.7. The minimum absolute atomic E-state index is 0.0966. The highest BCUT2D eigenvalue weighted by Crippen LogP contribution is 2.12. The monoisotopic (exact) mass is 328 g/mol. The van der Waals surface area contributed by atoms with Crippen molar-refractivity contribution >= 4 is 22.0 Å². The first-order chi connectivity index (χ1) is 9.11. The summed E-state index contributed by atoms with van der Waals surface area (Å²) in [5, 5.41) is 14.2. The molecule has 0 radical (unpaired) electrons. The molecule has 0 spiro atoms. The minimum Gasteiger partial charge on any atom is -0.396 e. The van der Waals surface area contributed by atoms with Gasteiger partial charge in [-0.1, -0.05) is 28.1 Å². The first-order valence-corrected chi connectivity index (χ1v) is 7.31. The van der Waals surface area contributed by atoms with Crippen molar-refractivity contribution in [2.75, 3.05) is 13.2 Å². The second kappa shape index (κ2) is 8.93. The van der Waals surface area contributed by atoms with Gasteiger partial charge in [-0.15, -0.1) is 0 Å². The number of aryl methyl sites for hydroxylation is 1. The highest BCUT2D eigenvalue weighted by Gasteiger charge is 2.06. The molecular formula is C14H21BrN2O2. The summed E-state index contributed by atoms with van der Waals surface area (Å²) in [6.07, 6.45) is 2.42. The Bertz CT molecular complexity index is 382. The highest BCUT2D eigenvalue weighted by molar-refractivity contribution is 9.10. The van der Waals surface area contributed by atoms with Crippen molar-refractivity contribution in [2.45, 2.75) is 32.2 Å². The third-order valence-corrected chi connectivity index (χ3v) is 3.31. The number of hydrogen-bond donors (Lipinski definition) is 3. The van der Waals surface area contributed by atoms with Crippen LogP contribution in [0.25, 0.3) is 0 Å². The van der Waals surface area contributed by atoms with Crippen molar-refractivity contribution in [3.05, 3.63) is 34.3 Å². The molecule has 1 rings (SSSR count). The van der Waals surface area contributed by atoms with Gasteiger partial charge in [0.25, 0.3) is 0 Å². The number of carbonyl (C=O) groups is 1. The summed E-state index contributed by atoms with van der Waals surface area (Å²) in [5.41, 5.74) is 1.26. The van der Waals surface area contributed by atoms with Crippen LogP contribution in [-0.4, -0.2) is 30.3 Å². The van der Waals surface area contributed by atoms with E-state index in [-0.39, 0.29) is 18.7 Å². The Labute approximate surface area is 122 Å². The molecule has 5 heteroatoms. The van der Waals surface area contributed by atoms with E-state index in [9.17, 15) is 4.79 Å². The first-order valence-electron chi connectivity index (χ1n) is 6.51. The Hall–Kier alpha value is -1.07. The lowest BCUT2D eigenvalue weighted by Gasteiger charge is -2.14. The average Bonchev–Trinajstić information content (AvgIpc) is 2.38. The molecule has 1 aromatic rings. The van der Waals surface area contributed by atoms with E-state index in [0.717, 1.165) is 17.3 Å². The summed E-state index contributed by atoms with van der Waals surface area (Å²) in [4.78, 5) is 11.5. The van der Waals surface area contributed by atoms with Gasteiger partial charge in [0.1, 0.15) is 0 Å². The predicted octanol–water partition coefficient (Wildman–Crippen LogP) is 2.45. The molecular weight excluding hydrogens is 308 g/mol. The number of benzene rings is 1. The number of nitrogens with one attached hydrogen (secondary N) is 2. The van der Waals surface area contributed by atoms with Crippen LogP contribution in [0.2, 0.25) is 0 Å². The van der Waals surface area contributed by atoms with Crippen LogP contribution in [-0.2, 0) is 6.42 Å². The zero-order chi connectivity index (χ0) is 14.1. The average molecular weight is 329 g/mol. The standard InChI is InChI=1S/C14H21BrN2O2/c1-11(17-14(19)16-9-2-10-18)3-4-12-5-7-13(15)8-6-12/h5-8,11,18H,2-4,9-10H2,1H3,(H2,16,17,19). The third kappa shape index (κ3) is 7.18. The summed E-state index contributed by atoms with van der Waals surface area (Å²) >= 11 is 3.41. The van der Waals surface area contributed by atoms with E-state index in [1.54, 1.807) is 0 Å². The summed E-state index contributed by atoms with van der Waals surface area (Å²) < 4.78 is 1.07. The third-order valence-electron chi connectivity index (χ3n) is 2.78. The lowest BCUT2D eigenvalue weighted by Crippen LogP contribution is -2.41. The molecule has 1 unspecified atom stereocenters. The Morgan fingerprint density at radius 3 is 2.68 bits per heavy atom. The molecule has 0 aliphatic rings. The molecule has 0 heterocycles. The number of aliphatic hydroxyl groups excluding tert-OH is 1. The maximum Gasteiger partial charge on any atom is 0.314 e. The second-order valence-electron chi connectivity index (χ2n) is 4.54. The van der Waals surface area contributed by atoms with Crippen LogP contribution in [0.5, 0.6) is 0 Å². The predicted molar refractivity (Wildman–Crippen MR) is 80.2 cm³/mol. The molecule has 0 aromatic heterocycles. The highest BCUT2D eigenvalue weighted by atomic mass is 79.9. The number of urea groups is 1. The number of amides is 2. The van der Waals surface area contributed by atoms with Crippen LogP contribution < -0.4 is 10.6 Å². The van der Waals surface area contributed by atoms with Crippen LogP contribution in [0.15, 0.2) is 28.7 Å². The van der Waals surface area contributed by atoms with Crippen molar-refractivity contribution in [3.8, 4) is 0 Å². The number of aliphatic hydroxyl groups is 1. The van der Waals surface area contributed by atoms with Gasteiger partial charge in [-0.25, -0.2) is 4.79 Å². The van der Waals surface area contributed by atoms with Gasteiger partial charge in [0.05, 0.1) is 0 Å². The summed E-state index contributed by atoms with van der Waals surface area (Å²) in [6.45, 7) is 2.59. The number of carbonyl (C=O) groups excluding carboxylic acids is 1. The SMILES string of the molecule is CC(CCc1ccc(Br)cc1)NC(=O)NCCCO. The fourth-order valence-corrected chi connectivity index (χ4v) is 1.93. The molecule has 0 bridgehead atoms. The quantitative estimate of drug-likeness (QED) is 0.673. The van der Waals surface area contributed by atoms with Crippen molar-refractivity contribution in [1.82, 2.24) is 10.6 Å². The van der Waals surface area contributed by atoms with E-state index in [0.29, 0.717) is 13.0 Å².